The molecule has 0 bridgehead atoms. The van der Waals surface area contributed by atoms with Crippen LogP contribution in [0.5, 0.6) is 11.5 Å². The first-order valence-corrected chi connectivity index (χ1v) is 9.11. The van der Waals surface area contributed by atoms with E-state index in [1.165, 1.54) is 32.2 Å². The molecule has 158 valence electrons. The molecule has 0 atom stereocenters. The second-order valence-electron chi connectivity index (χ2n) is 6.30. The van der Waals surface area contributed by atoms with Crippen LogP contribution in [0.25, 0.3) is 6.08 Å². The van der Waals surface area contributed by atoms with Crippen molar-refractivity contribution in [2.75, 3.05) is 60.7 Å². The normalized spacial score (nSPS) is 13.8. The molecule has 9 heteroatoms. The molecule has 0 aromatic heterocycles. The fourth-order valence-corrected chi connectivity index (χ4v) is 2.62. The Hall–Kier alpha value is -3.07. The third-order valence-electron chi connectivity index (χ3n) is 4.32. The molecule has 0 unspecified atom stereocenters. The van der Waals surface area contributed by atoms with Gasteiger partial charge in [-0.05, 0) is 23.8 Å². The monoisotopic (exact) mass is 406 g/mol. The number of carbonyl (C=O) groups excluding carboxylic acids is 3. The van der Waals surface area contributed by atoms with E-state index in [-0.39, 0.29) is 12.5 Å². The summed E-state index contributed by atoms with van der Waals surface area (Å²) in [5, 5.41) is 0. The smallest absolute Gasteiger partial charge is 0.331 e. The third kappa shape index (κ3) is 6.79. The maximum atomic E-state index is 12.1. The number of amides is 2. The Morgan fingerprint density at radius 2 is 1.83 bits per heavy atom. The number of nitrogens with zero attached hydrogens (tertiary/aromatic N) is 2. The van der Waals surface area contributed by atoms with Crippen LogP contribution >= 0.6 is 0 Å². The first kappa shape index (κ1) is 22.2. The predicted molar refractivity (Wildman–Crippen MR) is 105 cm³/mol. The molecule has 2 rings (SSSR count). The average Bonchev–Trinajstić information content (AvgIpc) is 2.76. The van der Waals surface area contributed by atoms with Crippen molar-refractivity contribution in [3.63, 3.8) is 0 Å². The fraction of sp³-hybridized carbons (Fsp3) is 0.450. The van der Waals surface area contributed by atoms with E-state index < -0.39 is 18.5 Å². The zero-order valence-corrected chi connectivity index (χ0v) is 16.9. The molecule has 1 heterocycles. The number of methoxy groups -OCH3 is 2. The zero-order valence-electron chi connectivity index (χ0n) is 16.9. The lowest BCUT2D eigenvalue weighted by molar-refractivity contribution is -0.149. The Morgan fingerprint density at radius 1 is 1.14 bits per heavy atom. The number of benzene rings is 1. The van der Waals surface area contributed by atoms with Crippen LogP contribution in [0.4, 0.5) is 0 Å². The van der Waals surface area contributed by atoms with E-state index >= 15 is 0 Å². The largest absolute Gasteiger partial charge is 0.493 e. The lowest BCUT2D eigenvalue weighted by Crippen LogP contribution is -2.46. The summed E-state index contributed by atoms with van der Waals surface area (Å²) in [6.07, 6.45) is 2.76. The van der Waals surface area contributed by atoms with Gasteiger partial charge in [0.15, 0.2) is 18.1 Å². The number of ether oxygens (including phenoxy) is 4. The number of likely N-dealkylation sites (N-methyl/N-ethyl adjacent to an activating group) is 1. The number of morpholine rings is 1. The van der Waals surface area contributed by atoms with Gasteiger partial charge in [0, 0.05) is 26.2 Å². The van der Waals surface area contributed by atoms with Crippen molar-refractivity contribution in [3.05, 3.63) is 29.8 Å². The lowest BCUT2D eigenvalue weighted by atomic mass is 10.2. The van der Waals surface area contributed by atoms with Gasteiger partial charge in [-0.25, -0.2) is 4.79 Å². The van der Waals surface area contributed by atoms with Gasteiger partial charge < -0.3 is 28.7 Å². The molecule has 1 aliphatic heterocycles. The van der Waals surface area contributed by atoms with Gasteiger partial charge in [0.25, 0.3) is 5.91 Å². The predicted octanol–water partition coefficient (Wildman–Crippen LogP) is 0.577. The molecular formula is C20H26N2O7. The van der Waals surface area contributed by atoms with E-state index in [0.717, 1.165) is 0 Å². The summed E-state index contributed by atoms with van der Waals surface area (Å²) in [4.78, 5) is 39.0. The molecule has 0 N–H and O–H groups in total. The molecule has 9 nitrogen and oxygen atoms in total. The van der Waals surface area contributed by atoms with Gasteiger partial charge in [0.05, 0.1) is 34.0 Å². The minimum Gasteiger partial charge on any atom is -0.493 e. The third-order valence-corrected chi connectivity index (χ3v) is 4.32. The Kier molecular flexibility index (Phi) is 8.47. The number of carbonyl (C=O) groups is 3. The van der Waals surface area contributed by atoms with E-state index in [4.69, 9.17) is 18.9 Å². The van der Waals surface area contributed by atoms with E-state index in [2.05, 4.69) is 0 Å². The molecule has 1 aromatic carbocycles. The summed E-state index contributed by atoms with van der Waals surface area (Å²) < 4.78 is 20.5. The lowest BCUT2D eigenvalue weighted by Gasteiger charge is -2.28. The van der Waals surface area contributed by atoms with Crippen LogP contribution in [0.15, 0.2) is 24.3 Å². The molecule has 1 aromatic rings. The van der Waals surface area contributed by atoms with E-state index in [1.54, 1.807) is 29.2 Å². The first-order valence-electron chi connectivity index (χ1n) is 9.11. The molecule has 0 saturated carbocycles. The maximum Gasteiger partial charge on any atom is 0.331 e. The molecular weight excluding hydrogens is 380 g/mol. The Morgan fingerprint density at radius 3 is 2.48 bits per heavy atom. The fourth-order valence-electron chi connectivity index (χ4n) is 2.62. The van der Waals surface area contributed by atoms with Crippen molar-refractivity contribution in [3.8, 4) is 11.5 Å². The number of rotatable bonds is 8. The van der Waals surface area contributed by atoms with Crippen LogP contribution in [-0.4, -0.2) is 88.3 Å². The van der Waals surface area contributed by atoms with Gasteiger partial charge >= 0.3 is 5.97 Å². The summed E-state index contributed by atoms with van der Waals surface area (Å²) >= 11 is 0. The van der Waals surface area contributed by atoms with Crippen molar-refractivity contribution >= 4 is 23.9 Å². The highest BCUT2D eigenvalue weighted by atomic mass is 16.5. The molecule has 0 aliphatic carbocycles. The van der Waals surface area contributed by atoms with E-state index in [9.17, 15) is 14.4 Å². The summed E-state index contributed by atoms with van der Waals surface area (Å²) in [5.41, 5.74) is 0.708. The number of hydrogen-bond acceptors (Lipinski definition) is 7. The molecule has 2 amide bonds. The minimum absolute atomic E-state index is 0.0716. The number of esters is 1. The van der Waals surface area contributed by atoms with Crippen LogP contribution in [0.3, 0.4) is 0 Å². The first-order chi connectivity index (χ1) is 13.9. The van der Waals surface area contributed by atoms with Gasteiger partial charge in [0.2, 0.25) is 5.91 Å². The second-order valence-corrected chi connectivity index (χ2v) is 6.30. The summed E-state index contributed by atoms with van der Waals surface area (Å²) in [7, 11) is 4.55. The summed E-state index contributed by atoms with van der Waals surface area (Å²) in [6.45, 7) is 1.49. The maximum absolute atomic E-state index is 12.1. The summed E-state index contributed by atoms with van der Waals surface area (Å²) in [5.74, 6) is -0.179. The second kappa shape index (κ2) is 11.1. The highest BCUT2D eigenvalue weighted by Crippen LogP contribution is 2.27. The molecule has 0 radical (unpaired) electrons. The molecule has 0 spiro atoms. The van der Waals surface area contributed by atoms with Crippen LogP contribution < -0.4 is 9.47 Å². The van der Waals surface area contributed by atoms with Gasteiger partial charge in [-0.15, -0.1) is 0 Å². The van der Waals surface area contributed by atoms with Crippen molar-refractivity contribution in [2.45, 2.75) is 0 Å². The Labute approximate surface area is 169 Å². The minimum atomic E-state index is -0.666. The summed E-state index contributed by atoms with van der Waals surface area (Å²) in [6, 6.07) is 5.17. The SMILES string of the molecule is COc1ccc(/C=C/C(=O)OCC(=O)N(C)CC(=O)N2CCOCC2)cc1OC. The van der Waals surface area contributed by atoms with Crippen LogP contribution in [-0.2, 0) is 23.9 Å². The van der Waals surface area contributed by atoms with Gasteiger partial charge in [-0.1, -0.05) is 6.07 Å². The van der Waals surface area contributed by atoms with Crippen molar-refractivity contribution in [2.24, 2.45) is 0 Å². The Bertz CT molecular complexity index is 757. The zero-order chi connectivity index (χ0) is 21.2. The van der Waals surface area contributed by atoms with Crippen LogP contribution in [0.2, 0.25) is 0 Å². The molecule has 1 fully saturated rings. The van der Waals surface area contributed by atoms with Gasteiger partial charge in [0.1, 0.15) is 0 Å². The quantitative estimate of drug-likeness (QED) is 0.460. The highest BCUT2D eigenvalue weighted by Gasteiger charge is 2.20. The highest BCUT2D eigenvalue weighted by molar-refractivity contribution is 5.90. The van der Waals surface area contributed by atoms with Crippen molar-refractivity contribution < 1.29 is 33.3 Å². The van der Waals surface area contributed by atoms with Crippen molar-refractivity contribution in [1.82, 2.24) is 9.80 Å². The van der Waals surface area contributed by atoms with Gasteiger partial charge in [-0.3, -0.25) is 9.59 Å². The Balaban J connectivity index is 1.79. The van der Waals surface area contributed by atoms with Crippen LogP contribution in [0, 0.1) is 0 Å². The molecule has 1 aliphatic rings. The average molecular weight is 406 g/mol. The molecule has 1 saturated heterocycles. The van der Waals surface area contributed by atoms with Crippen LogP contribution in [0.1, 0.15) is 5.56 Å². The standard InChI is InChI=1S/C20H26N2O7/c1-21(13-18(23)22-8-10-28-11-9-22)19(24)14-29-20(25)7-5-15-4-6-16(26-2)17(12-15)27-3/h4-7,12H,8-11,13-14H2,1-3H3/b7-5+. The van der Waals surface area contributed by atoms with E-state index in [0.29, 0.717) is 43.4 Å². The number of hydrogen-bond donors (Lipinski definition) is 0. The van der Waals surface area contributed by atoms with Gasteiger partial charge in [-0.2, -0.15) is 0 Å². The van der Waals surface area contributed by atoms with E-state index in [1.807, 2.05) is 0 Å². The topological polar surface area (TPSA) is 94.6 Å². The molecule has 29 heavy (non-hydrogen) atoms. The van der Waals surface area contributed by atoms with Crippen molar-refractivity contribution in [1.29, 1.82) is 0 Å².